The van der Waals surface area contributed by atoms with Crippen molar-refractivity contribution in [3.05, 3.63) is 29.5 Å². The van der Waals surface area contributed by atoms with Gasteiger partial charge >= 0.3 is 5.97 Å². The van der Waals surface area contributed by atoms with Crippen molar-refractivity contribution in [1.82, 2.24) is 4.98 Å². The zero-order valence-electron chi connectivity index (χ0n) is 12.5. The van der Waals surface area contributed by atoms with Crippen LogP contribution in [0.2, 0.25) is 0 Å². The van der Waals surface area contributed by atoms with Crippen LogP contribution in [0.15, 0.2) is 18.2 Å². The lowest BCUT2D eigenvalue weighted by molar-refractivity contribution is -0.138. The molecule has 0 aliphatic heterocycles. The quantitative estimate of drug-likeness (QED) is 0.902. The number of ether oxygens (including phenoxy) is 1. The van der Waals surface area contributed by atoms with Gasteiger partial charge < -0.3 is 14.8 Å². The minimum absolute atomic E-state index is 0.195. The maximum Gasteiger partial charge on any atom is 0.304 e. The lowest BCUT2D eigenvalue weighted by Crippen LogP contribution is -2.33. The molecule has 0 amide bonds. The third-order valence-corrected chi connectivity index (χ3v) is 4.89. The lowest BCUT2D eigenvalue weighted by Gasteiger charge is -2.35. The van der Waals surface area contributed by atoms with E-state index in [0.29, 0.717) is 0 Å². The molecule has 0 bridgehead atoms. The van der Waals surface area contributed by atoms with Crippen molar-refractivity contribution < 1.29 is 14.6 Å². The molecule has 1 heterocycles. The van der Waals surface area contributed by atoms with E-state index in [2.05, 4.69) is 18.0 Å². The monoisotopic (exact) mass is 287 g/mol. The molecule has 1 aromatic carbocycles. The molecular weight excluding hydrogens is 266 g/mol. The molecule has 2 aromatic rings. The highest BCUT2D eigenvalue weighted by atomic mass is 16.5. The molecule has 0 spiro atoms. The van der Waals surface area contributed by atoms with E-state index >= 15 is 0 Å². The summed E-state index contributed by atoms with van der Waals surface area (Å²) in [6, 6.07) is 6.01. The summed E-state index contributed by atoms with van der Waals surface area (Å²) in [4.78, 5) is 14.8. The van der Waals surface area contributed by atoms with Crippen molar-refractivity contribution in [2.75, 3.05) is 7.11 Å². The highest BCUT2D eigenvalue weighted by Gasteiger charge is 2.39. The largest absolute Gasteiger partial charge is 0.497 e. The number of hydrogen-bond acceptors (Lipinski definition) is 2. The van der Waals surface area contributed by atoms with E-state index in [0.717, 1.165) is 42.6 Å². The van der Waals surface area contributed by atoms with Gasteiger partial charge in [-0.25, -0.2) is 0 Å². The van der Waals surface area contributed by atoms with E-state index < -0.39 is 5.97 Å². The number of aromatic nitrogens is 1. The summed E-state index contributed by atoms with van der Waals surface area (Å²) in [5.74, 6) is 0.121. The number of carboxylic acid groups (broad SMARTS) is 1. The predicted octanol–water partition coefficient (Wildman–Crippen LogP) is 3.64. The van der Waals surface area contributed by atoms with E-state index in [-0.39, 0.29) is 11.8 Å². The van der Waals surface area contributed by atoms with E-state index in [9.17, 15) is 9.90 Å². The molecule has 0 saturated carbocycles. The Balaban J connectivity index is 2.19. The van der Waals surface area contributed by atoms with E-state index in [1.54, 1.807) is 7.11 Å². The first-order chi connectivity index (χ1) is 10.1. The summed E-state index contributed by atoms with van der Waals surface area (Å²) in [7, 11) is 1.67. The van der Waals surface area contributed by atoms with Gasteiger partial charge in [-0.3, -0.25) is 4.79 Å². The molecule has 0 radical (unpaired) electrons. The molecule has 1 unspecified atom stereocenters. The van der Waals surface area contributed by atoms with Gasteiger partial charge in [0.05, 0.1) is 13.5 Å². The lowest BCUT2D eigenvalue weighted by atomic mass is 9.69. The van der Waals surface area contributed by atoms with Gasteiger partial charge in [0.15, 0.2) is 0 Å². The Morgan fingerprint density at radius 1 is 1.48 bits per heavy atom. The predicted molar refractivity (Wildman–Crippen MR) is 82.0 cm³/mol. The fourth-order valence-corrected chi connectivity index (χ4v) is 3.74. The molecule has 4 heteroatoms. The number of aryl methyl sites for hydroxylation is 1. The fraction of sp³-hybridized carbons (Fsp3) is 0.471. The van der Waals surface area contributed by atoms with Gasteiger partial charge in [-0.1, -0.05) is 6.92 Å². The topological polar surface area (TPSA) is 62.3 Å². The molecular formula is C17H21NO3. The Hall–Kier alpha value is -1.97. The minimum Gasteiger partial charge on any atom is -0.497 e. The molecule has 4 nitrogen and oxygen atoms in total. The minimum atomic E-state index is -0.721. The van der Waals surface area contributed by atoms with Crippen molar-refractivity contribution in [2.24, 2.45) is 0 Å². The van der Waals surface area contributed by atoms with Crippen LogP contribution in [-0.2, 0) is 16.6 Å². The van der Waals surface area contributed by atoms with Crippen LogP contribution in [-0.4, -0.2) is 23.2 Å². The van der Waals surface area contributed by atoms with Gasteiger partial charge in [0, 0.05) is 22.0 Å². The van der Waals surface area contributed by atoms with Gasteiger partial charge in [0.1, 0.15) is 5.75 Å². The summed E-state index contributed by atoms with van der Waals surface area (Å²) >= 11 is 0. The summed E-state index contributed by atoms with van der Waals surface area (Å²) in [6.45, 7) is 2.09. The number of carbonyl (C=O) groups is 1. The number of hydrogen-bond donors (Lipinski definition) is 2. The molecule has 2 N–H and O–H groups in total. The van der Waals surface area contributed by atoms with Crippen LogP contribution in [0, 0.1) is 0 Å². The first-order valence-corrected chi connectivity index (χ1v) is 7.50. The molecule has 3 rings (SSSR count). The zero-order valence-corrected chi connectivity index (χ0v) is 12.5. The van der Waals surface area contributed by atoms with E-state index in [4.69, 9.17) is 4.74 Å². The summed E-state index contributed by atoms with van der Waals surface area (Å²) < 4.78 is 5.32. The van der Waals surface area contributed by atoms with Crippen molar-refractivity contribution in [1.29, 1.82) is 0 Å². The number of benzene rings is 1. The molecule has 1 atom stereocenters. The standard InChI is InChI=1S/C17H21NO3/c1-3-17(10-15(19)20)8-4-5-12-13-9-11(21-2)6-7-14(13)18-16(12)17/h6-7,9,18H,3-5,8,10H2,1-2H3,(H,19,20). The first kappa shape index (κ1) is 14.0. The second kappa shape index (κ2) is 5.10. The molecule has 0 fully saturated rings. The maximum absolute atomic E-state index is 11.3. The Morgan fingerprint density at radius 2 is 2.29 bits per heavy atom. The third-order valence-electron chi connectivity index (χ3n) is 4.89. The van der Waals surface area contributed by atoms with Crippen LogP contribution in [0.1, 0.15) is 43.9 Å². The summed E-state index contributed by atoms with van der Waals surface area (Å²) in [6.07, 6.45) is 4.02. The van der Waals surface area contributed by atoms with Crippen LogP contribution in [0.5, 0.6) is 5.75 Å². The molecule has 1 aliphatic rings. The average Bonchev–Trinajstić information content (AvgIpc) is 2.86. The van der Waals surface area contributed by atoms with Crippen LogP contribution in [0.25, 0.3) is 10.9 Å². The van der Waals surface area contributed by atoms with Gasteiger partial charge in [-0.05, 0) is 49.4 Å². The number of aliphatic carboxylic acids is 1. The first-order valence-electron chi connectivity index (χ1n) is 7.50. The summed E-state index contributed by atoms with van der Waals surface area (Å²) in [5.41, 5.74) is 3.22. The molecule has 0 saturated heterocycles. The Labute approximate surface area is 124 Å². The van der Waals surface area contributed by atoms with Crippen molar-refractivity contribution >= 4 is 16.9 Å². The molecule has 1 aromatic heterocycles. The SMILES string of the molecule is CCC1(CC(=O)O)CCCc2c1[nH]c1ccc(OC)cc21. The number of carboxylic acids is 1. The number of rotatable bonds is 4. The second-order valence-electron chi connectivity index (χ2n) is 5.95. The molecule has 112 valence electrons. The number of H-pyrrole nitrogens is 1. The maximum atomic E-state index is 11.3. The smallest absolute Gasteiger partial charge is 0.304 e. The molecule has 21 heavy (non-hydrogen) atoms. The van der Waals surface area contributed by atoms with E-state index in [1.165, 1.54) is 10.9 Å². The van der Waals surface area contributed by atoms with Gasteiger partial charge in [-0.15, -0.1) is 0 Å². The Morgan fingerprint density at radius 3 is 2.95 bits per heavy atom. The fourth-order valence-electron chi connectivity index (χ4n) is 3.74. The number of fused-ring (bicyclic) bond motifs is 3. The number of methoxy groups -OCH3 is 1. The number of aromatic amines is 1. The Bertz CT molecular complexity index is 689. The molecule has 1 aliphatic carbocycles. The van der Waals surface area contributed by atoms with Gasteiger partial charge in [0.25, 0.3) is 0 Å². The van der Waals surface area contributed by atoms with Crippen LogP contribution >= 0.6 is 0 Å². The second-order valence-corrected chi connectivity index (χ2v) is 5.95. The Kier molecular flexibility index (Phi) is 3.40. The van der Waals surface area contributed by atoms with E-state index in [1.807, 2.05) is 12.1 Å². The van der Waals surface area contributed by atoms with Crippen LogP contribution < -0.4 is 4.74 Å². The zero-order chi connectivity index (χ0) is 15.0. The third kappa shape index (κ3) is 2.19. The average molecular weight is 287 g/mol. The van der Waals surface area contributed by atoms with Gasteiger partial charge in [-0.2, -0.15) is 0 Å². The van der Waals surface area contributed by atoms with Crippen LogP contribution in [0.3, 0.4) is 0 Å². The highest BCUT2D eigenvalue weighted by molar-refractivity contribution is 5.87. The number of nitrogens with one attached hydrogen (secondary N) is 1. The van der Waals surface area contributed by atoms with Crippen LogP contribution in [0.4, 0.5) is 0 Å². The normalized spacial score (nSPS) is 21.2. The summed E-state index contributed by atoms with van der Waals surface area (Å²) in [5, 5.41) is 10.5. The van der Waals surface area contributed by atoms with Crippen molar-refractivity contribution in [3.63, 3.8) is 0 Å². The van der Waals surface area contributed by atoms with Gasteiger partial charge in [0.2, 0.25) is 0 Å². The van der Waals surface area contributed by atoms with Crippen molar-refractivity contribution in [3.8, 4) is 5.75 Å². The van der Waals surface area contributed by atoms with Crippen molar-refractivity contribution in [2.45, 2.75) is 44.4 Å². The highest BCUT2D eigenvalue weighted by Crippen LogP contribution is 2.45.